The lowest BCUT2D eigenvalue weighted by Crippen LogP contribution is -2.39. The Balaban J connectivity index is 1.55. The maximum atomic E-state index is 12.4. The van der Waals surface area contributed by atoms with E-state index in [2.05, 4.69) is 25.5 Å². The molecule has 0 aliphatic carbocycles. The highest BCUT2D eigenvalue weighted by Gasteiger charge is 2.12. The zero-order valence-electron chi connectivity index (χ0n) is 15.1. The summed E-state index contributed by atoms with van der Waals surface area (Å²) < 4.78 is 10.4. The van der Waals surface area contributed by atoms with Crippen LogP contribution < -0.4 is 15.4 Å². The molecule has 1 amide bonds. The van der Waals surface area contributed by atoms with Crippen LogP contribution in [0, 0.1) is 0 Å². The van der Waals surface area contributed by atoms with E-state index in [1.165, 1.54) is 13.4 Å². The average molecular weight is 392 g/mol. The third-order valence-electron chi connectivity index (χ3n) is 4.15. The molecule has 1 saturated heterocycles. The monoisotopic (exact) mass is 391 g/mol. The Labute approximate surface area is 162 Å². The van der Waals surface area contributed by atoms with Crippen molar-refractivity contribution in [2.75, 3.05) is 57.1 Å². The molecule has 1 aromatic heterocycles. The molecule has 9 heteroatoms. The number of aromatic nitrogens is 2. The van der Waals surface area contributed by atoms with Gasteiger partial charge < -0.3 is 20.1 Å². The number of benzene rings is 1. The van der Waals surface area contributed by atoms with Crippen LogP contribution >= 0.6 is 11.6 Å². The van der Waals surface area contributed by atoms with Crippen molar-refractivity contribution < 1.29 is 14.3 Å². The third-order valence-corrected chi connectivity index (χ3v) is 4.44. The van der Waals surface area contributed by atoms with Crippen LogP contribution in [0.25, 0.3) is 0 Å². The van der Waals surface area contributed by atoms with Gasteiger partial charge in [-0.15, -0.1) is 0 Å². The minimum absolute atomic E-state index is 0.269. The van der Waals surface area contributed by atoms with E-state index >= 15 is 0 Å². The molecule has 0 spiro atoms. The van der Waals surface area contributed by atoms with Gasteiger partial charge in [-0.25, -0.2) is 9.97 Å². The Kier molecular flexibility index (Phi) is 6.80. The zero-order chi connectivity index (χ0) is 19.1. The van der Waals surface area contributed by atoms with Gasteiger partial charge in [0.2, 0.25) is 0 Å². The van der Waals surface area contributed by atoms with Gasteiger partial charge in [-0.3, -0.25) is 9.69 Å². The quantitative estimate of drug-likeness (QED) is 0.747. The second-order valence-corrected chi connectivity index (χ2v) is 6.38. The highest BCUT2D eigenvalue weighted by molar-refractivity contribution is 6.32. The number of morpholine rings is 1. The maximum Gasteiger partial charge on any atom is 0.274 e. The van der Waals surface area contributed by atoms with E-state index in [4.69, 9.17) is 21.1 Å². The normalized spacial score (nSPS) is 14.6. The summed E-state index contributed by atoms with van der Waals surface area (Å²) in [5.74, 6) is 0.814. The van der Waals surface area contributed by atoms with Gasteiger partial charge >= 0.3 is 0 Å². The van der Waals surface area contributed by atoms with Crippen molar-refractivity contribution in [2.45, 2.75) is 0 Å². The van der Waals surface area contributed by atoms with Crippen molar-refractivity contribution in [2.24, 2.45) is 0 Å². The van der Waals surface area contributed by atoms with Crippen molar-refractivity contribution >= 4 is 29.0 Å². The molecule has 2 N–H and O–H groups in total. The molecule has 2 heterocycles. The summed E-state index contributed by atoms with van der Waals surface area (Å²) in [6.45, 7) is 5.03. The number of amides is 1. The largest absolute Gasteiger partial charge is 0.495 e. The number of carbonyl (C=O) groups is 1. The van der Waals surface area contributed by atoms with Gasteiger partial charge in [0.15, 0.2) is 0 Å². The summed E-state index contributed by atoms with van der Waals surface area (Å²) in [6, 6.07) is 6.66. The van der Waals surface area contributed by atoms with Crippen molar-refractivity contribution in [3.63, 3.8) is 0 Å². The fourth-order valence-electron chi connectivity index (χ4n) is 2.68. The van der Waals surface area contributed by atoms with Crippen LogP contribution in [0.4, 0.5) is 11.5 Å². The lowest BCUT2D eigenvalue weighted by atomic mass is 10.3. The molecule has 0 unspecified atom stereocenters. The predicted octanol–water partition coefficient (Wildman–Crippen LogP) is 2.13. The van der Waals surface area contributed by atoms with Crippen LogP contribution in [0.3, 0.4) is 0 Å². The summed E-state index contributed by atoms with van der Waals surface area (Å²) in [5, 5.41) is 6.41. The van der Waals surface area contributed by atoms with Gasteiger partial charge in [0, 0.05) is 37.9 Å². The molecule has 1 aliphatic heterocycles. The number of rotatable bonds is 7. The van der Waals surface area contributed by atoms with Gasteiger partial charge in [-0.2, -0.15) is 0 Å². The Morgan fingerprint density at radius 3 is 2.85 bits per heavy atom. The van der Waals surface area contributed by atoms with Crippen LogP contribution in [-0.4, -0.2) is 67.3 Å². The fraction of sp³-hybridized carbons (Fsp3) is 0.389. The highest BCUT2D eigenvalue weighted by Crippen LogP contribution is 2.27. The van der Waals surface area contributed by atoms with Gasteiger partial charge in [0.05, 0.1) is 25.3 Å². The van der Waals surface area contributed by atoms with Crippen LogP contribution in [0.15, 0.2) is 30.6 Å². The number of carbonyl (C=O) groups excluding carboxylic acids is 1. The Morgan fingerprint density at radius 2 is 2.11 bits per heavy atom. The Morgan fingerprint density at radius 1 is 1.30 bits per heavy atom. The van der Waals surface area contributed by atoms with Gasteiger partial charge in [-0.1, -0.05) is 11.6 Å². The van der Waals surface area contributed by atoms with Crippen molar-refractivity contribution in [3.8, 4) is 5.75 Å². The van der Waals surface area contributed by atoms with E-state index < -0.39 is 0 Å². The summed E-state index contributed by atoms with van der Waals surface area (Å²) >= 11 is 6.08. The van der Waals surface area contributed by atoms with E-state index in [0.29, 0.717) is 22.3 Å². The smallest absolute Gasteiger partial charge is 0.274 e. The number of hydrogen-bond acceptors (Lipinski definition) is 7. The second-order valence-electron chi connectivity index (χ2n) is 5.97. The first-order valence-corrected chi connectivity index (χ1v) is 9.04. The van der Waals surface area contributed by atoms with Crippen LogP contribution in [0.1, 0.15) is 10.5 Å². The molecular formula is C18H22ClN5O3. The lowest BCUT2D eigenvalue weighted by molar-refractivity contribution is 0.0398. The number of hydrogen-bond donors (Lipinski definition) is 2. The third kappa shape index (κ3) is 5.53. The van der Waals surface area contributed by atoms with Crippen LogP contribution in [0.5, 0.6) is 5.75 Å². The van der Waals surface area contributed by atoms with E-state index in [1.54, 1.807) is 24.3 Å². The minimum atomic E-state index is -0.338. The first-order chi connectivity index (χ1) is 13.2. The summed E-state index contributed by atoms with van der Waals surface area (Å²) in [4.78, 5) is 23.0. The zero-order valence-corrected chi connectivity index (χ0v) is 15.8. The number of nitrogens with one attached hydrogen (secondary N) is 2. The van der Waals surface area contributed by atoms with Gasteiger partial charge in [-0.05, 0) is 18.2 Å². The highest BCUT2D eigenvalue weighted by atomic mass is 35.5. The maximum absolute atomic E-state index is 12.4. The summed E-state index contributed by atoms with van der Waals surface area (Å²) in [6.07, 6.45) is 1.37. The number of halogens is 1. The summed E-state index contributed by atoms with van der Waals surface area (Å²) in [7, 11) is 1.54. The second kappa shape index (κ2) is 9.50. The summed E-state index contributed by atoms with van der Waals surface area (Å²) in [5.41, 5.74) is 0.831. The van der Waals surface area contributed by atoms with E-state index in [0.717, 1.165) is 39.4 Å². The number of methoxy groups -OCH3 is 1. The molecule has 1 aliphatic rings. The van der Waals surface area contributed by atoms with Gasteiger partial charge in [0.25, 0.3) is 5.91 Å². The molecule has 0 radical (unpaired) electrons. The molecule has 8 nitrogen and oxygen atoms in total. The fourth-order valence-corrected chi connectivity index (χ4v) is 2.94. The molecule has 27 heavy (non-hydrogen) atoms. The molecule has 0 atom stereocenters. The average Bonchev–Trinajstić information content (AvgIpc) is 2.69. The number of ether oxygens (including phenoxy) is 2. The first kappa shape index (κ1) is 19.3. The molecule has 1 aromatic carbocycles. The predicted molar refractivity (Wildman–Crippen MR) is 104 cm³/mol. The minimum Gasteiger partial charge on any atom is -0.495 e. The molecule has 0 saturated carbocycles. The Hall–Kier alpha value is -2.42. The molecular weight excluding hydrogens is 370 g/mol. The first-order valence-electron chi connectivity index (χ1n) is 8.66. The van der Waals surface area contributed by atoms with Crippen molar-refractivity contribution in [1.82, 2.24) is 14.9 Å². The standard InChI is InChI=1S/C18H22ClN5O3/c1-26-16-3-2-13(10-14(16)19)23-18(25)15-11-17(22-12-21-15)20-4-5-24-6-8-27-9-7-24/h2-3,10-12H,4-9H2,1H3,(H,23,25)(H,20,21,22). The number of nitrogens with zero attached hydrogens (tertiary/aromatic N) is 3. The molecule has 0 bridgehead atoms. The molecule has 1 fully saturated rings. The molecule has 144 valence electrons. The molecule has 3 rings (SSSR count). The van der Waals surface area contributed by atoms with Crippen LogP contribution in [-0.2, 0) is 4.74 Å². The Bertz CT molecular complexity index is 783. The van der Waals surface area contributed by atoms with E-state index in [9.17, 15) is 4.79 Å². The van der Waals surface area contributed by atoms with Crippen LogP contribution in [0.2, 0.25) is 5.02 Å². The number of anilines is 2. The topological polar surface area (TPSA) is 88.6 Å². The van der Waals surface area contributed by atoms with Gasteiger partial charge in [0.1, 0.15) is 23.6 Å². The van der Waals surface area contributed by atoms with E-state index in [-0.39, 0.29) is 11.6 Å². The SMILES string of the molecule is COc1ccc(NC(=O)c2cc(NCCN3CCOCC3)ncn2)cc1Cl. The molecule has 2 aromatic rings. The lowest BCUT2D eigenvalue weighted by Gasteiger charge is -2.26. The van der Waals surface area contributed by atoms with Crippen molar-refractivity contribution in [1.29, 1.82) is 0 Å². The van der Waals surface area contributed by atoms with E-state index in [1.807, 2.05) is 0 Å². The van der Waals surface area contributed by atoms with Crippen molar-refractivity contribution in [3.05, 3.63) is 41.3 Å².